The van der Waals surface area contributed by atoms with Gasteiger partial charge in [0.1, 0.15) is 24.1 Å². The third kappa shape index (κ3) is 9.47. The maximum atomic E-state index is 15.1. The lowest BCUT2D eigenvalue weighted by Gasteiger charge is -2.29. The van der Waals surface area contributed by atoms with Crippen LogP contribution >= 0.6 is 19.2 Å². The molecule has 0 bridgehead atoms. The van der Waals surface area contributed by atoms with Crippen molar-refractivity contribution in [2.75, 3.05) is 46.8 Å². The lowest BCUT2D eigenvalue weighted by molar-refractivity contribution is -0.0776. The van der Waals surface area contributed by atoms with Crippen molar-refractivity contribution >= 4 is 19.2 Å². The second-order valence-corrected chi connectivity index (χ2v) is 15.3. The second kappa shape index (κ2) is 17.8. The van der Waals surface area contributed by atoms with Gasteiger partial charge in [-0.3, -0.25) is 33.2 Å². The van der Waals surface area contributed by atoms with Crippen LogP contribution in [0.5, 0.6) is 5.75 Å². The number of aryl methyl sites for hydroxylation is 2. The van der Waals surface area contributed by atoms with Gasteiger partial charge in [0.05, 0.1) is 49.8 Å². The van der Waals surface area contributed by atoms with Gasteiger partial charge < -0.3 is 32.9 Å². The van der Waals surface area contributed by atoms with Gasteiger partial charge in [-0.2, -0.15) is 0 Å². The van der Waals surface area contributed by atoms with Crippen LogP contribution in [-0.4, -0.2) is 96.4 Å². The molecule has 2 aliphatic rings. The fourth-order valence-electron chi connectivity index (χ4n) is 6.22. The van der Waals surface area contributed by atoms with Gasteiger partial charge in [0, 0.05) is 45.0 Å². The zero-order valence-corrected chi connectivity index (χ0v) is 31.7. The minimum atomic E-state index is -4.29. The van der Waals surface area contributed by atoms with Crippen molar-refractivity contribution in [3.63, 3.8) is 0 Å². The molecule has 2 aliphatic heterocycles. The maximum Gasteiger partial charge on any atom is 0.379 e. The highest BCUT2D eigenvalue weighted by Crippen LogP contribution is 2.55. The number of aromatic amines is 2. The first-order valence-electron chi connectivity index (χ1n) is 17.7. The summed E-state index contributed by atoms with van der Waals surface area (Å²) in [6.45, 7) is 5.19. The summed E-state index contributed by atoms with van der Waals surface area (Å²) in [5, 5.41) is 0.159. The predicted octanol–water partition coefficient (Wildman–Crippen LogP) is 2.92. The summed E-state index contributed by atoms with van der Waals surface area (Å²) in [7, 11) is -1.29. The van der Waals surface area contributed by atoms with Crippen LogP contribution in [0.4, 0.5) is 0 Å². The summed E-state index contributed by atoms with van der Waals surface area (Å²) >= 11 is 6.45. The topological polar surface area (TPSA) is 201 Å². The van der Waals surface area contributed by atoms with E-state index in [1.54, 1.807) is 25.1 Å². The van der Waals surface area contributed by atoms with E-state index in [-0.39, 0.29) is 68.2 Å². The zero-order valence-electron chi connectivity index (χ0n) is 31.1. The maximum absolute atomic E-state index is 15.1. The van der Waals surface area contributed by atoms with E-state index in [4.69, 9.17) is 50.4 Å². The molecule has 0 spiro atoms. The number of benzene rings is 1. The fourth-order valence-corrected chi connectivity index (χ4v) is 8.35. The summed E-state index contributed by atoms with van der Waals surface area (Å²) in [5.74, 6) is -0.306. The minimum Gasteiger partial charge on any atom is -0.423 e. The molecule has 9 atom stereocenters. The quantitative estimate of drug-likeness (QED) is 0.150. The normalized spacial score (nSPS) is 27.1. The van der Waals surface area contributed by atoms with Crippen molar-refractivity contribution in [2.24, 2.45) is 5.92 Å². The molecule has 4 heterocycles. The molecule has 17 nitrogen and oxygen atoms in total. The number of H-pyrrole nitrogens is 2. The molecule has 0 aliphatic carbocycles. The Hall–Kier alpha value is -3.38. The van der Waals surface area contributed by atoms with Crippen LogP contribution in [0.15, 0.2) is 55.8 Å². The number of para-hydroxylation sites is 1. The largest absolute Gasteiger partial charge is 0.423 e. The molecular weight excluding hydrogens is 739 g/mol. The number of nitrogens with zero attached hydrogens (tertiary/aromatic N) is 2. The average molecular weight is 786 g/mol. The van der Waals surface area contributed by atoms with Gasteiger partial charge in [-0.1, -0.05) is 30.7 Å². The van der Waals surface area contributed by atoms with Gasteiger partial charge in [0.2, 0.25) is 0 Å². The fraction of sp³-hybridized carbons (Fsp3) is 0.588. The number of aromatic nitrogens is 4. The van der Waals surface area contributed by atoms with Gasteiger partial charge in [0.15, 0.2) is 12.5 Å². The standard InChI is InChI=1S/C34H46ClN4O13P/c1-19-17-38(33(42)36-29(19)40)31-26(47-14-12-45-5)21(3)24(50-31)11-16-53(44,51-25-10-8-7-9-23(25)35)52-27-22(4)49-32(28(27)48-15-13-46-6)39-18-20(2)30(41)37-34(39)43/h7-10,17-18,21-22,24,26-28,31-32H,11-16H2,1-6H3,(H,36,40,42)(H,37,41,43)/t21-,22-,24-,26-,27-,28-,31-,32-,53?/m1/s1/i4D. The van der Waals surface area contributed by atoms with E-state index in [0.717, 1.165) is 4.57 Å². The molecule has 19 heteroatoms. The molecule has 2 N–H and O–H groups in total. The van der Waals surface area contributed by atoms with Gasteiger partial charge in [-0.15, -0.1) is 0 Å². The predicted molar refractivity (Wildman–Crippen MR) is 192 cm³/mol. The van der Waals surface area contributed by atoms with Gasteiger partial charge in [-0.05, 0) is 39.3 Å². The summed E-state index contributed by atoms with van der Waals surface area (Å²) in [6, 6.07) is 6.41. The van der Waals surface area contributed by atoms with E-state index >= 15 is 4.57 Å². The Kier molecular flexibility index (Phi) is 13.2. The third-order valence-corrected chi connectivity index (χ3v) is 11.2. The molecule has 3 aromatic rings. The minimum absolute atomic E-state index is 0.0151. The Morgan fingerprint density at radius 3 is 1.98 bits per heavy atom. The van der Waals surface area contributed by atoms with Crippen LogP contribution < -0.4 is 27.0 Å². The SMILES string of the molecule is [2H]C[C@H]1O[C@@H](n2cc(C)c(=O)[nH]c2=O)[C@H](OCCOC)[C@@H]1OP(=O)(CC[C@H]1O[C@@H](n2cc(C)c(=O)[nH]c2=O)[C@H](OCCOC)[C@@H]1C)Oc1ccccc1Cl. The first-order chi connectivity index (χ1) is 25.8. The van der Waals surface area contributed by atoms with Crippen molar-refractivity contribution in [1.82, 2.24) is 19.1 Å². The second-order valence-electron chi connectivity index (χ2n) is 12.8. The number of hydrogen-bond acceptors (Lipinski definition) is 13. The van der Waals surface area contributed by atoms with Crippen LogP contribution in [0.3, 0.4) is 0 Å². The number of rotatable bonds is 17. The number of methoxy groups -OCH3 is 2. The highest BCUT2D eigenvalue weighted by molar-refractivity contribution is 7.54. The van der Waals surface area contributed by atoms with E-state index in [1.165, 1.54) is 44.2 Å². The van der Waals surface area contributed by atoms with Crippen LogP contribution in [0.2, 0.25) is 5.02 Å². The Balaban J connectivity index is 1.48. The van der Waals surface area contributed by atoms with Crippen molar-refractivity contribution in [2.45, 2.75) is 77.1 Å². The van der Waals surface area contributed by atoms with Crippen molar-refractivity contribution in [3.8, 4) is 5.75 Å². The van der Waals surface area contributed by atoms with Crippen LogP contribution in [0.1, 0.15) is 45.2 Å². The van der Waals surface area contributed by atoms with E-state index in [9.17, 15) is 19.2 Å². The summed E-state index contributed by atoms with van der Waals surface area (Å²) in [4.78, 5) is 54.8. The molecule has 0 amide bonds. The summed E-state index contributed by atoms with van der Waals surface area (Å²) < 4.78 is 73.4. The molecule has 0 radical (unpaired) electrons. The van der Waals surface area contributed by atoms with Crippen molar-refractivity contribution < 1.29 is 43.4 Å². The molecule has 0 saturated carbocycles. The molecule has 2 aromatic heterocycles. The number of halogens is 1. The molecule has 1 unspecified atom stereocenters. The van der Waals surface area contributed by atoms with E-state index < -0.39 is 73.1 Å². The lowest BCUT2D eigenvalue weighted by Crippen LogP contribution is -2.41. The van der Waals surface area contributed by atoms with Gasteiger partial charge in [0.25, 0.3) is 11.1 Å². The molecule has 2 saturated heterocycles. The molecule has 1 aromatic carbocycles. The Morgan fingerprint density at radius 1 is 0.849 bits per heavy atom. The first-order valence-corrected chi connectivity index (χ1v) is 19.1. The van der Waals surface area contributed by atoms with Crippen molar-refractivity contribution in [3.05, 3.63) is 94.5 Å². The monoisotopic (exact) mass is 785 g/mol. The van der Waals surface area contributed by atoms with E-state index in [2.05, 4.69) is 9.97 Å². The van der Waals surface area contributed by atoms with Gasteiger partial charge in [-0.25, -0.2) is 14.2 Å². The molecular formula is C34H46ClN4O13P. The lowest BCUT2D eigenvalue weighted by atomic mass is 9.98. The molecule has 2 fully saturated rings. The number of hydrogen-bond donors (Lipinski definition) is 2. The third-order valence-electron chi connectivity index (χ3n) is 9.06. The molecule has 53 heavy (non-hydrogen) atoms. The Bertz CT molecular complexity index is 2020. The number of ether oxygens (including phenoxy) is 6. The average Bonchev–Trinajstić information content (AvgIpc) is 3.63. The summed E-state index contributed by atoms with van der Waals surface area (Å²) in [5.41, 5.74) is -2.06. The van der Waals surface area contributed by atoms with Gasteiger partial charge >= 0.3 is 19.0 Å². The summed E-state index contributed by atoms with van der Waals surface area (Å²) in [6.07, 6.45) is -4.36. The molecule has 5 rings (SSSR count). The van der Waals surface area contributed by atoms with Crippen LogP contribution in [0.25, 0.3) is 0 Å². The zero-order chi connectivity index (χ0) is 39.2. The van der Waals surface area contributed by atoms with E-state index in [1.807, 2.05) is 6.92 Å². The number of nitrogens with one attached hydrogen (secondary N) is 2. The highest BCUT2D eigenvalue weighted by atomic mass is 35.5. The first kappa shape index (κ1) is 39.3. The van der Waals surface area contributed by atoms with Crippen LogP contribution in [-0.2, 0) is 37.5 Å². The molecule has 292 valence electrons. The smallest absolute Gasteiger partial charge is 0.379 e. The van der Waals surface area contributed by atoms with Crippen molar-refractivity contribution in [1.29, 1.82) is 0 Å². The van der Waals surface area contributed by atoms with Crippen LogP contribution in [0, 0.1) is 19.8 Å². The Labute approximate surface area is 311 Å². The highest BCUT2D eigenvalue weighted by Gasteiger charge is 2.51. The Morgan fingerprint density at radius 2 is 1.42 bits per heavy atom. The van der Waals surface area contributed by atoms with E-state index in [0.29, 0.717) is 5.56 Å².